The van der Waals surface area contributed by atoms with E-state index in [9.17, 15) is 80.6 Å². The van der Waals surface area contributed by atoms with Crippen LogP contribution in [0.5, 0.6) is 0 Å². The van der Waals surface area contributed by atoms with E-state index in [2.05, 4.69) is 9.97 Å². The van der Waals surface area contributed by atoms with Gasteiger partial charge >= 0.3 is 36.0 Å². The van der Waals surface area contributed by atoms with Gasteiger partial charge in [0.05, 0.1) is 56.7 Å². The average molecular weight is 682 g/mol. The van der Waals surface area contributed by atoms with Crippen molar-refractivity contribution in [1.82, 2.24) is 19.1 Å². The van der Waals surface area contributed by atoms with Crippen LogP contribution in [0.4, 0.5) is 61.5 Å². The molecule has 3 heterocycles. The van der Waals surface area contributed by atoms with E-state index in [1.807, 2.05) is 0 Å². The molecule has 2 aromatic carbocycles. The fourth-order valence-electron chi connectivity index (χ4n) is 4.54. The first kappa shape index (κ1) is 32.7. The highest BCUT2D eigenvalue weighted by Crippen LogP contribution is 2.48. The Hall–Kier alpha value is -4.66. The van der Waals surface area contributed by atoms with Gasteiger partial charge in [0.1, 0.15) is 0 Å². The van der Waals surface area contributed by atoms with Crippen molar-refractivity contribution in [2.24, 2.45) is 0 Å². The van der Waals surface area contributed by atoms with Gasteiger partial charge in [-0.1, -0.05) is 0 Å². The smallest absolute Gasteiger partial charge is 0.269 e. The Bertz CT molecular complexity index is 2020. The molecule has 0 fully saturated rings. The maximum absolute atomic E-state index is 14.0. The van der Waals surface area contributed by atoms with E-state index in [4.69, 9.17) is 0 Å². The summed E-state index contributed by atoms with van der Waals surface area (Å²) in [6.07, 6.45) is -13.5. The zero-order valence-corrected chi connectivity index (χ0v) is 21.4. The van der Waals surface area contributed by atoms with Crippen molar-refractivity contribution in [1.29, 1.82) is 0 Å². The Morgan fingerprint density at radius 3 is 0.848 bits per heavy atom. The Balaban J connectivity index is 1.65. The van der Waals surface area contributed by atoms with Crippen LogP contribution in [-0.2, 0) is 13.1 Å². The second-order valence-electron chi connectivity index (χ2n) is 9.94. The number of aromatic nitrogens is 4. The molecule has 3 aromatic heterocycles. The lowest BCUT2D eigenvalue weighted by Crippen LogP contribution is -2.55. The van der Waals surface area contributed by atoms with Crippen molar-refractivity contribution < 1.29 is 61.5 Å². The zero-order valence-electron chi connectivity index (χ0n) is 21.4. The minimum Gasteiger partial charge on any atom is -0.269 e. The number of hydrogen-bond acceptors (Lipinski definition) is 6. The van der Waals surface area contributed by atoms with Crippen LogP contribution in [0.1, 0.15) is 0 Å². The van der Waals surface area contributed by atoms with Gasteiger partial charge in [-0.15, -0.1) is 0 Å². The monoisotopic (exact) mass is 682 g/mol. The lowest BCUT2D eigenvalue weighted by Gasteiger charge is -2.27. The van der Waals surface area contributed by atoms with Crippen LogP contribution < -0.4 is 22.2 Å². The van der Waals surface area contributed by atoms with Crippen LogP contribution in [0.25, 0.3) is 43.6 Å². The van der Waals surface area contributed by atoms with Gasteiger partial charge in [0.25, 0.3) is 22.2 Å². The SMILES string of the molecule is O=c1c2cc3nc4cc5c(=O)n(CC(F)(F)C(F)(F)C(F)(F)F)c(=O)c5cc4nc3cc2c(=O)n1CC(F)(F)C(F)(F)C(F)(F)F. The summed E-state index contributed by atoms with van der Waals surface area (Å²) in [6.45, 7) is -5.38. The first-order chi connectivity index (χ1) is 20.7. The number of halogens is 14. The fraction of sp³-hybridized carbons (Fsp3) is 0.333. The maximum Gasteiger partial charge on any atom is 0.459 e. The Labute approximate surface area is 239 Å². The van der Waals surface area contributed by atoms with E-state index < -0.39 is 124 Å². The summed E-state index contributed by atoms with van der Waals surface area (Å²) in [5.41, 5.74) is -8.57. The van der Waals surface area contributed by atoms with Crippen molar-refractivity contribution in [3.05, 3.63) is 65.7 Å². The molecule has 0 saturated carbocycles. The molecule has 0 aliphatic rings. The number of nitrogens with zero attached hydrogens (tertiary/aromatic N) is 4. The minimum atomic E-state index is -6.76. The summed E-state index contributed by atoms with van der Waals surface area (Å²) in [5, 5.41) is -3.21. The molecule has 8 nitrogen and oxygen atoms in total. The second kappa shape index (κ2) is 9.44. The standard InChI is InChI=1S/C24H8F14N4O4/c25-19(26,21(29,30)23(33,34)35)5-41-15(43)7-1-11-12(2-8(7)16(41)44)40-14-4-10-9(3-13(14)39-11)17(45)42(18(10)46)6-20(27,28)22(31,32)24(36,37)38/h1-4H,5-6H2. The van der Waals surface area contributed by atoms with E-state index in [0.29, 0.717) is 24.3 Å². The van der Waals surface area contributed by atoms with E-state index in [-0.39, 0.29) is 0 Å². The zero-order chi connectivity index (χ0) is 34.7. The Kier molecular flexibility index (Phi) is 6.71. The molecular weight excluding hydrogens is 674 g/mol. The summed E-state index contributed by atoms with van der Waals surface area (Å²) >= 11 is 0. The number of rotatable bonds is 6. The number of hydrogen-bond donors (Lipinski definition) is 0. The van der Waals surface area contributed by atoms with Gasteiger partial charge < -0.3 is 0 Å². The van der Waals surface area contributed by atoms with E-state index in [1.165, 1.54) is 0 Å². The quantitative estimate of drug-likeness (QED) is 0.191. The predicted molar refractivity (Wildman–Crippen MR) is 127 cm³/mol. The molecule has 0 saturated heterocycles. The van der Waals surface area contributed by atoms with Gasteiger partial charge in [-0.2, -0.15) is 61.5 Å². The molecule has 22 heteroatoms. The Morgan fingerprint density at radius 1 is 0.435 bits per heavy atom. The molecular formula is C24H8F14N4O4. The molecule has 0 spiro atoms. The van der Waals surface area contributed by atoms with Gasteiger partial charge in [-0.25, -0.2) is 9.97 Å². The van der Waals surface area contributed by atoms with Gasteiger partial charge in [0, 0.05) is 0 Å². The van der Waals surface area contributed by atoms with Crippen molar-refractivity contribution in [3.8, 4) is 0 Å². The molecule has 0 radical (unpaired) electrons. The highest BCUT2D eigenvalue weighted by atomic mass is 19.4. The van der Waals surface area contributed by atoms with Crippen molar-refractivity contribution in [2.45, 2.75) is 49.1 Å². The number of fused-ring (bicyclic) bond motifs is 4. The summed E-state index contributed by atoms with van der Waals surface area (Å²) < 4.78 is 183. The van der Waals surface area contributed by atoms with Gasteiger partial charge in [-0.05, 0) is 24.3 Å². The normalized spacial score (nSPS) is 14.4. The van der Waals surface area contributed by atoms with Crippen LogP contribution >= 0.6 is 0 Å². The van der Waals surface area contributed by atoms with Crippen molar-refractivity contribution >= 4 is 43.6 Å². The molecule has 0 N–H and O–H groups in total. The molecule has 0 aliphatic heterocycles. The van der Waals surface area contributed by atoms with Gasteiger partial charge in [0.2, 0.25) is 0 Å². The van der Waals surface area contributed by atoms with Crippen LogP contribution in [0, 0.1) is 0 Å². The van der Waals surface area contributed by atoms with Crippen LogP contribution in [0.2, 0.25) is 0 Å². The van der Waals surface area contributed by atoms with E-state index in [0.717, 1.165) is 0 Å². The largest absolute Gasteiger partial charge is 0.459 e. The Morgan fingerprint density at radius 2 is 0.652 bits per heavy atom. The lowest BCUT2D eigenvalue weighted by atomic mass is 10.1. The van der Waals surface area contributed by atoms with E-state index in [1.54, 1.807) is 0 Å². The summed E-state index contributed by atoms with van der Waals surface area (Å²) in [4.78, 5) is 58.3. The third kappa shape index (κ3) is 4.50. The third-order valence-electron chi connectivity index (χ3n) is 6.96. The molecule has 5 aromatic rings. The summed E-state index contributed by atoms with van der Waals surface area (Å²) in [5.74, 6) is -25.2. The molecule has 0 unspecified atom stereocenters. The molecule has 5 rings (SSSR count). The summed E-state index contributed by atoms with van der Waals surface area (Å²) in [7, 11) is 0. The van der Waals surface area contributed by atoms with Crippen molar-refractivity contribution in [2.75, 3.05) is 0 Å². The van der Waals surface area contributed by atoms with Crippen LogP contribution in [0.15, 0.2) is 43.4 Å². The highest BCUT2D eigenvalue weighted by Gasteiger charge is 2.74. The first-order valence-electron chi connectivity index (χ1n) is 11.9. The molecule has 0 atom stereocenters. The highest BCUT2D eigenvalue weighted by molar-refractivity contribution is 6.00. The van der Waals surface area contributed by atoms with Crippen LogP contribution in [-0.4, -0.2) is 55.1 Å². The molecule has 0 amide bonds. The van der Waals surface area contributed by atoms with Gasteiger partial charge in [-0.3, -0.25) is 28.3 Å². The summed E-state index contributed by atoms with van der Waals surface area (Å²) in [6, 6.07) is 2.74. The molecule has 46 heavy (non-hydrogen) atoms. The minimum absolute atomic E-state index is 0.411. The molecule has 0 bridgehead atoms. The third-order valence-corrected chi connectivity index (χ3v) is 6.96. The fourth-order valence-corrected chi connectivity index (χ4v) is 4.54. The second-order valence-corrected chi connectivity index (χ2v) is 9.94. The topological polar surface area (TPSA) is 104 Å². The molecule has 0 aliphatic carbocycles. The molecule has 246 valence electrons. The van der Waals surface area contributed by atoms with E-state index >= 15 is 0 Å². The van der Waals surface area contributed by atoms with Crippen molar-refractivity contribution in [3.63, 3.8) is 0 Å². The maximum atomic E-state index is 14.0. The average Bonchev–Trinajstić information content (AvgIpc) is 3.27. The number of alkyl halides is 14. The van der Waals surface area contributed by atoms with Crippen LogP contribution in [0.3, 0.4) is 0 Å². The lowest BCUT2D eigenvalue weighted by molar-refractivity contribution is -0.357. The number of benzene rings is 2. The van der Waals surface area contributed by atoms with Gasteiger partial charge in [0.15, 0.2) is 0 Å². The predicted octanol–water partition coefficient (Wildman–Crippen LogP) is 4.67. The first-order valence-corrected chi connectivity index (χ1v) is 11.9.